The number of halogens is 1. The average Bonchev–Trinajstić information content (AvgIpc) is 3.20. The van der Waals surface area contributed by atoms with Crippen molar-refractivity contribution >= 4 is 28.3 Å². The van der Waals surface area contributed by atoms with E-state index in [2.05, 4.69) is 9.82 Å². The molecular formula is C16H22ClN5O3S. The summed E-state index contributed by atoms with van der Waals surface area (Å²) in [7, 11) is -2.13. The van der Waals surface area contributed by atoms with Crippen LogP contribution in [0.15, 0.2) is 47.6 Å². The molecule has 2 aromatic rings. The van der Waals surface area contributed by atoms with E-state index < -0.39 is 10.0 Å². The summed E-state index contributed by atoms with van der Waals surface area (Å²) < 4.78 is 28.0. The van der Waals surface area contributed by atoms with Gasteiger partial charge in [-0.15, -0.1) is 12.4 Å². The van der Waals surface area contributed by atoms with E-state index in [-0.39, 0.29) is 41.7 Å². The second kappa shape index (κ2) is 8.17. The van der Waals surface area contributed by atoms with E-state index in [9.17, 15) is 13.2 Å². The summed E-state index contributed by atoms with van der Waals surface area (Å²) in [6, 6.07) is 9.62. The number of benzene rings is 1. The van der Waals surface area contributed by atoms with Crippen molar-refractivity contribution in [2.75, 3.05) is 19.6 Å². The first kappa shape index (κ1) is 20.4. The van der Waals surface area contributed by atoms with E-state index in [1.165, 1.54) is 17.1 Å². The monoisotopic (exact) mass is 399 g/mol. The molecule has 142 valence electrons. The van der Waals surface area contributed by atoms with Crippen LogP contribution in [-0.4, -0.2) is 54.7 Å². The molecule has 0 spiro atoms. The van der Waals surface area contributed by atoms with Gasteiger partial charge in [0.2, 0.25) is 15.9 Å². The van der Waals surface area contributed by atoms with Gasteiger partial charge in [-0.3, -0.25) is 9.48 Å². The van der Waals surface area contributed by atoms with Gasteiger partial charge in [0, 0.05) is 38.3 Å². The minimum atomic E-state index is -3.76. The Morgan fingerprint density at radius 3 is 2.62 bits per heavy atom. The minimum Gasteiger partial charge on any atom is -0.339 e. The smallest absolute Gasteiger partial charge is 0.244 e. The number of nitrogens with zero attached hydrogens (tertiary/aromatic N) is 3. The van der Waals surface area contributed by atoms with E-state index in [4.69, 9.17) is 5.73 Å². The number of carbonyl (C=O) groups is 1. The van der Waals surface area contributed by atoms with Gasteiger partial charge in [-0.1, -0.05) is 30.3 Å². The zero-order valence-corrected chi connectivity index (χ0v) is 15.9. The van der Waals surface area contributed by atoms with E-state index in [1.54, 1.807) is 11.9 Å². The lowest BCUT2D eigenvalue weighted by molar-refractivity contribution is -0.128. The molecule has 1 aromatic heterocycles. The summed E-state index contributed by atoms with van der Waals surface area (Å²) in [6.45, 7) is 0.594. The predicted octanol–water partition coefficient (Wildman–Crippen LogP) is 0.0735. The number of likely N-dealkylation sites (tertiary alicyclic amines) is 1. The Hall–Kier alpha value is -1.94. The standard InChI is InChI=1S/C16H21N5O3S.ClH/c1-20-9-13(7-18-20)25(23,24)19-8-16(22)21-10-14(15(17)11-21)12-5-3-2-4-6-12;/h2-7,9,14-15,19H,8,10-11,17H2,1H3;1H/t14-,15+;/m0./s1. The molecule has 26 heavy (non-hydrogen) atoms. The number of hydrogen-bond acceptors (Lipinski definition) is 5. The van der Waals surface area contributed by atoms with Crippen LogP contribution < -0.4 is 10.5 Å². The van der Waals surface area contributed by atoms with Crippen molar-refractivity contribution in [3.05, 3.63) is 48.3 Å². The number of rotatable bonds is 5. The molecule has 0 saturated carbocycles. The van der Waals surface area contributed by atoms with Crippen molar-refractivity contribution < 1.29 is 13.2 Å². The van der Waals surface area contributed by atoms with E-state index in [1.807, 2.05) is 30.3 Å². The third kappa shape index (κ3) is 4.42. The van der Waals surface area contributed by atoms with Crippen LogP contribution in [0.5, 0.6) is 0 Å². The lowest BCUT2D eigenvalue weighted by Crippen LogP contribution is -2.40. The van der Waals surface area contributed by atoms with Gasteiger partial charge in [0.15, 0.2) is 0 Å². The van der Waals surface area contributed by atoms with Gasteiger partial charge in [-0.05, 0) is 5.56 Å². The largest absolute Gasteiger partial charge is 0.339 e. The maximum absolute atomic E-state index is 12.4. The number of carbonyl (C=O) groups excluding carboxylic acids is 1. The Bertz CT molecular complexity index is 856. The molecule has 1 saturated heterocycles. The average molecular weight is 400 g/mol. The van der Waals surface area contributed by atoms with Crippen molar-refractivity contribution in [2.45, 2.75) is 16.9 Å². The fourth-order valence-electron chi connectivity index (χ4n) is 2.97. The zero-order chi connectivity index (χ0) is 18.0. The van der Waals surface area contributed by atoms with Crippen LogP contribution in [0.25, 0.3) is 0 Å². The SMILES string of the molecule is Cl.Cn1cc(S(=O)(=O)NCC(=O)N2C[C@@H](N)[C@H](c3ccccc3)C2)cn1. The van der Waals surface area contributed by atoms with Gasteiger partial charge >= 0.3 is 0 Å². The minimum absolute atomic E-state index is 0. The molecule has 1 fully saturated rings. The molecule has 0 unspecified atom stereocenters. The topological polar surface area (TPSA) is 110 Å². The molecule has 1 aromatic carbocycles. The lowest BCUT2D eigenvalue weighted by atomic mass is 9.95. The van der Waals surface area contributed by atoms with E-state index >= 15 is 0 Å². The van der Waals surface area contributed by atoms with Crippen LogP contribution in [0.4, 0.5) is 0 Å². The molecule has 1 aliphatic heterocycles. The maximum atomic E-state index is 12.4. The Kier molecular flexibility index (Phi) is 6.40. The summed E-state index contributed by atoms with van der Waals surface area (Å²) in [5.74, 6) is -0.235. The number of hydrogen-bond donors (Lipinski definition) is 2. The zero-order valence-electron chi connectivity index (χ0n) is 14.3. The number of nitrogens with two attached hydrogens (primary N) is 1. The molecule has 0 bridgehead atoms. The van der Waals surface area contributed by atoms with Crippen molar-refractivity contribution in [3.63, 3.8) is 0 Å². The van der Waals surface area contributed by atoms with Crippen LogP contribution in [0.1, 0.15) is 11.5 Å². The van der Waals surface area contributed by atoms with Crippen LogP contribution in [0, 0.1) is 0 Å². The highest BCUT2D eigenvalue weighted by atomic mass is 35.5. The molecule has 2 atom stereocenters. The number of amides is 1. The molecule has 3 N–H and O–H groups in total. The quantitative estimate of drug-likeness (QED) is 0.739. The maximum Gasteiger partial charge on any atom is 0.244 e. The first-order valence-electron chi connectivity index (χ1n) is 7.93. The summed E-state index contributed by atoms with van der Waals surface area (Å²) in [4.78, 5) is 14.0. The fourth-order valence-corrected chi connectivity index (χ4v) is 3.93. The highest BCUT2D eigenvalue weighted by molar-refractivity contribution is 7.89. The molecule has 1 amide bonds. The molecule has 0 aliphatic carbocycles. The van der Waals surface area contributed by atoms with Gasteiger partial charge < -0.3 is 10.6 Å². The van der Waals surface area contributed by atoms with E-state index in [0.717, 1.165) is 5.56 Å². The fraction of sp³-hybridized carbons (Fsp3) is 0.375. The van der Waals surface area contributed by atoms with Crippen molar-refractivity contribution in [1.29, 1.82) is 0 Å². The molecule has 0 radical (unpaired) electrons. The summed E-state index contributed by atoms with van der Waals surface area (Å²) >= 11 is 0. The Labute approximate surface area is 158 Å². The molecule has 10 heteroatoms. The van der Waals surface area contributed by atoms with Gasteiger partial charge in [-0.2, -0.15) is 5.10 Å². The van der Waals surface area contributed by atoms with Crippen molar-refractivity contribution in [2.24, 2.45) is 12.8 Å². The van der Waals surface area contributed by atoms with Crippen LogP contribution in [0.2, 0.25) is 0 Å². The van der Waals surface area contributed by atoms with Crippen molar-refractivity contribution in [3.8, 4) is 0 Å². The number of aryl methyl sites for hydroxylation is 1. The number of nitrogens with one attached hydrogen (secondary N) is 1. The molecule has 1 aliphatic rings. The number of aromatic nitrogens is 2. The molecule has 2 heterocycles. The van der Waals surface area contributed by atoms with Crippen molar-refractivity contribution in [1.82, 2.24) is 19.4 Å². The molecular weight excluding hydrogens is 378 g/mol. The lowest BCUT2D eigenvalue weighted by Gasteiger charge is -2.16. The van der Waals surface area contributed by atoms with E-state index in [0.29, 0.717) is 13.1 Å². The summed E-state index contributed by atoms with van der Waals surface area (Å²) in [5.41, 5.74) is 7.26. The van der Waals surface area contributed by atoms with Gasteiger partial charge in [0.1, 0.15) is 4.90 Å². The highest BCUT2D eigenvalue weighted by Gasteiger charge is 2.34. The summed E-state index contributed by atoms with van der Waals surface area (Å²) in [5, 5.41) is 3.83. The Morgan fingerprint density at radius 1 is 1.31 bits per heavy atom. The van der Waals surface area contributed by atoms with Crippen LogP contribution >= 0.6 is 12.4 Å². The molecule has 8 nitrogen and oxygen atoms in total. The Balaban J connectivity index is 0.00000243. The van der Waals surface area contributed by atoms with Crippen LogP contribution in [-0.2, 0) is 21.9 Å². The first-order valence-corrected chi connectivity index (χ1v) is 9.42. The highest BCUT2D eigenvalue weighted by Crippen LogP contribution is 2.26. The van der Waals surface area contributed by atoms with Gasteiger partial charge in [-0.25, -0.2) is 13.1 Å². The normalized spacial score (nSPS) is 20.0. The Morgan fingerprint density at radius 2 is 2.00 bits per heavy atom. The number of sulfonamides is 1. The van der Waals surface area contributed by atoms with Gasteiger partial charge in [0.05, 0.1) is 12.7 Å². The second-order valence-corrected chi connectivity index (χ2v) is 7.92. The van der Waals surface area contributed by atoms with Crippen LogP contribution in [0.3, 0.4) is 0 Å². The predicted molar refractivity (Wildman–Crippen MR) is 99.4 cm³/mol. The summed E-state index contributed by atoms with van der Waals surface area (Å²) in [6.07, 6.45) is 2.62. The second-order valence-electron chi connectivity index (χ2n) is 6.15. The van der Waals surface area contributed by atoms with Gasteiger partial charge in [0.25, 0.3) is 0 Å². The molecule has 3 rings (SSSR count). The third-order valence-electron chi connectivity index (χ3n) is 4.35. The first-order chi connectivity index (χ1) is 11.9. The third-order valence-corrected chi connectivity index (χ3v) is 5.71.